The van der Waals surface area contributed by atoms with Crippen molar-refractivity contribution in [1.82, 2.24) is 5.01 Å². The SMILES string of the molecule is CS(=O)(=O)c1ccc(/C(=N\N2CCCC2)C(N)=O)cc1. The van der Waals surface area contributed by atoms with E-state index in [1.54, 1.807) is 12.1 Å². The lowest BCUT2D eigenvalue weighted by Crippen LogP contribution is -2.28. The first-order chi connectivity index (χ1) is 9.38. The van der Waals surface area contributed by atoms with E-state index in [4.69, 9.17) is 5.73 Å². The Morgan fingerprint density at radius 1 is 1.20 bits per heavy atom. The highest BCUT2D eigenvalue weighted by Crippen LogP contribution is 2.13. The third-order valence-electron chi connectivity index (χ3n) is 3.11. The van der Waals surface area contributed by atoms with Gasteiger partial charge in [0.25, 0.3) is 5.91 Å². The molecule has 0 atom stereocenters. The highest BCUT2D eigenvalue weighted by atomic mass is 32.2. The Balaban J connectivity index is 2.33. The highest BCUT2D eigenvalue weighted by molar-refractivity contribution is 7.90. The summed E-state index contributed by atoms with van der Waals surface area (Å²) in [6.07, 6.45) is 3.22. The van der Waals surface area contributed by atoms with Crippen molar-refractivity contribution < 1.29 is 13.2 Å². The van der Waals surface area contributed by atoms with E-state index in [0.717, 1.165) is 32.2 Å². The van der Waals surface area contributed by atoms with Gasteiger partial charge in [0, 0.05) is 24.9 Å². The molecule has 0 aliphatic carbocycles. The quantitative estimate of drug-likeness (QED) is 0.812. The first kappa shape index (κ1) is 14.5. The van der Waals surface area contributed by atoms with Gasteiger partial charge in [-0.05, 0) is 25.0 Å². The van der Waals surface area contributed by atoms with E-state index in [1.807, 2.05) is 5.01 Å². The Bertz CT molecular complexity index is 629. The molecule has 0 radical (unpaired) electrons. The third-order valence-corrected chi connectivity index (χ3v) is 4.24. The van der Waals surface area contributed by atoms with Crippen LogP contribution in [0, 0.1) is 0 Å². The number of hydrogen-bond acceptors (Lipinski definition) is 5. The standard InChI is InChI=1S/C13H17N3O3S/c1-20(18,19)11-6-4-10(5-7-11)12(13(14)17)15-16-8-2-3-9-16/h4-7H,2-3,8-9H2,1H3,(H2,14,17)/b15-12+. The van der Waals surface area contributed by atoms with Gasteiger partial charge in [-0.2, -0.15) is 5.10 Å². The van der Waals surface area contributed by atoms with Crippen molar-refractivity contribution >= 4 is 21.5 Å². The zero-order valence-corrected chi connectivity index (χ0v) is 12.1. The Morgan fingerprint density at radius 3 is 2.20 bits per heavy atom. The molecule has 6 nitrogen and oxygen atoms in total. The van der Waals surface area contributed by atoms with Gasteiger partial charge in [0.15, 0.2) is 15.5 Å². The summed E-state index contributed by atoms with van der Waals surface area (Å²) in [5.41, 5.74) is 6.04. The number of hydrogen-bond donors (Lipinski definition) is 1. The van der Waals surface area contributed by atoms with Gasteiger partial charge in [0.1, 0.15) is 0 Å². The second-order valence-electron chi connectivity index (χ2n) is 4.77. The van der Waals surface area contributed by atoms with E-state index in [0.29, 0.717) is 5.56 Å². The van der Waals surface area contributed by atoms with Crippen LogP contribution >= 0.6 is 0 Å². The van der Waals surface area contributed by atoms with Crippen molar-refractivity contribution in [3.05, 3.63) is 29.8 Å². The van der Waals surface area contributed by atoms with Gasteiger partial charge in [-0.25, -0.2) is 8.42 Å². The van der Waals surface area contributed by atoms with Gasteiger partial charge in [-0.3, -0.25) is 9.80 Å². The summed E-state index contributed by atoms with van der Waals surface area (Å²) < 4.78 is 22.8. The number of hydrazone groups is 1. The smallest absolute Gasteiger partial charge is 0.269 e. The Hall–Kier alpha value is -1.89. The first-order valence-corrected chi connectivity index (χ1v) is 8.21. The number of rotatable bonds is 4. The molecule has 1 amide bonds. The summed E-state index contributed by atoms with van der Waals surface area (Å²) >= 11 is 0. The van der Waals surface area contributed by atoms with Gasteiger partial charge >= 0.3 is 0 Å². The lowest BCUT2D eigenvalue weighted by atomic mass is 10.1. The van der Waals surface area contributed by atoms with Gasteiger partial charge in [0.2, 0.25) is 0 Å². The summed E-state index contributed by atoms with van der Waals surface area (Å²) in [5, 5.41) is 6.07. The van der Waals surface area contributed by atoms with Crippen LogP contribution in [0.15, 0.2) is 34.3 Å². The fraction of sp³-hybridized carbons (Fsp3) is 0.385. The lowest BCUT2D eigenvalue weighted by molar-refractivity contribution is -0.112. The third kappa shape index (κ3) is 3.36. The van der Waals surface area contributed by atoms with Crippen molar-refractivity contribution in [3.63, 3.8) is 0 Å². The fourth-order valence-corrected chi connectivity index (χ4v) is 2.68. The average molecular weight is 295 g/mol. The number of nitrogens with two attached hydrogens (primary N) is 1. The molecule has 1 aliphatic heterocycles. The molecular formula is C13H17N3O3S. The minimum absolute atomic E-state index is 0.159. The molecule has 1 saturated heterocycles. The predicted octanol–water partition coefficient (Wildman–Crippen LogP) is 0.375. The minimum atomic E-state index is -3.25. The summed E-state index contributed by atoms with van der Waals surface area (Å²) in [4.78, 5) is 11.7. The second-order valence-corrected chi connectivity index (χ2v) is 6.79. The molecule has 0 aromatic heterocycles. The Morgan fingerprint density at radius 2 is 1.75 bits per heavy atom. The fourth-order valence-electron chi connectivity index (χ4n) is 2.05. The Kier molecular flexibility index (Phi) is 4.08. The summed E-state index contributed by atoms with van der Waals surface area (Å²) in [7, 11) is -3.25. The number of carbonyl (C=O) groups is 1. The minimum Gasteiger partial charge on any atom is -0.364 e. The number of amides is 1. The molecule has 1 aliphatic rings. The van der Waals surface area contributed by atoms with Crippen LogP contribution in [0.5, 0.6) is 0 Å². The zero-order chi connectivity index (χ0) is 14.8. The van der Waals surface area contributed by atoms with E-state index >= 15 is 0 Å². The summed E-state index contributed by atoms with van der Waals surface area (Å²) in [5.74, 6) is -0.621. The largest absolute Gasteiger partial charge is 0.364 e. The van der Waals surface area contributed by atoms with E-state index in [9.17, 15) is 13.2 Å². The number of sulfone groups is 1. The van der Waals surface area contributed by atoms with E-state index in [-0.39, 0.29) is 10.6 Å². The number of benzene rings is 1. The van der Waals surface area contributed by atoms with Gasteiger partial charge in [-0.15, -0.1) is 0 Å². The van der Waals surface area contributed by atoms with Crippen LogP contribution in [0.4, 0.5) is 0 Å². The molecule has 2 N–H and O–H groups in total. The second kappa shape index (κ2) is 5.62. The van der Waals surface area contributed by atoms with E-state index in [2.05, 4.69) is 5.10 Å². The molecule has 7 heteroatoms. The molecule has 0 spiro atoms. The average Bonchev–Trinajstić information content (AvgIpc) is 2.87. The maximum atomic E-state index is 11.5. The molecule has 0 unspecified atom stereocenters. The molecule has 1 fully saturated rings. The van der Waals surface area contributed by atoms with Gasteiger partial charge in [0.05, 0.1) is 4.90 Å². The van der Waals surface area contributed by atoms with Crippen molar-refractivity contribution in [2.45, 2.75) is 17.7 Å². The van der Waals surface area contributed by atoms with Gasteiger partial charge < -0.3 is 5.73 Å². The van der Waals surface area contributed by atoms with Crippen LogP contribution in [0.1, 0.15) is 18.4 Å². The molecular weight excluding hydrogens is 278 g/mol. The van der Waals surface area contributed by atoms with Crippen LogP contribution in [-0.4, -0.2) is 44.4 Å². The van der Waals surface area contributed by atoms with Crippen LogP contribution in [0.3, 0.4) is 0 Å². The topological polar surface area (TPSA) is 92.8 Å². The molecule has 0 bridgehead atoms. The predicted molar refractivity (Wildman–Crippen MR) is 76.1 cm³/mol. The maximum Gasteiger partial charge on any atom is 0.269 e. The van der Waals surface area contributed by atoms with Gasteiger partial charge in [-0.1, -0.05) is 12.1 Å². The monoisotopic (exact) mass is 295 g/mol. The normalized spacial score (nSPS) is 16.4. The van der Waals surface area contributed by atoms with Crippen LogP contribution in [-0.2, 0) is 14.6 Å². The number of nitrogens with zero attached hydrogens (tertiary/aromatic N) is 2. The molecule has 1 heterocycles. The number of primary amides is 1. The Labute approximate surface area is 118 Å². The molecule has 1 aromatic rings. The van der Waals surface area contributed by atoms with Crippen molar-refractivity contribution in [3.8, 4) is 0 Å². The maximum absolute atomic E-state index is 11.5. The van der Waals surface area contributed by atoms with Crippen molar-refractivity contribution in [2.75, 3.05) is 19.3 Å². The highest BCUT2D eigenvalue weighted by Gasteiger charge is 2.16. The summed E-state index contributed by atoms with van der Waals surface area (Å²) in [6.45, 7) is 1.61. The van der Waals surface area contributed by atoms with Crippen LogP contribution in [0.25, 0.3) is 0 Å². The van der Waals surface area contributed by atoms with E-state index in [1.165, 1.54) is 12.1 Å². The molecule has 0 saturated carbocycles. The summed E-state index contributed by atoms with van der Waals surface area (Å²) in [6, 6.07) is 6.01. The van der Waals surface area contributed by atoms with Crippen LogP contribution < -0.4 is 5.73 Å². The lowest BCUT2D eigenvalue weighted by Gasteiger charge is -2.12. The van der Waals surface area contributed by atoms with Crippen molar-refractivity contribution in [1.29, 1.82) is 0 Å². The molecule has 2 rings (SSSR count). The molecule has 20 heavy (non-hydrogen) atoms. The number of carbonyl (C=O) groups excluding carboxylic acids is 1. The van der Waals surface area contributed by atoms with Crippen LogP contribution in [0.2, 0.25) is 0 Å². The molecule has 1 aromatic carbocycles. The zero-order valence-electron chi connectivity index (χ0n) is 11.2. The first-order valence-electron chi connectivity index (χ1n) is 6.32. The van der Waals surface area contributed by atoms with Crippen molar-refractivity contribution in [2.24, 2.45) is 10.8 Å². The molecule has 108 valence electrons. The van der Waals surface area contributed by atoms with E-state index < -0.39 is 15.7 Å².